The molecule has 0 heterocycles. The minimum atomic E-state index is -0.493. The van der Waals surface area contributed by atoms with E-state index in [0.29, 0.717) is 0 Å². The molecule has 14 rings (SSSR count). The minimum Gasteiger partial charge on any atom is -1.00 e. The summed E-state index contributed by atoms with van der Waals surface area (Å²) < 4.78 is 0. The van der Waals surface area contributed by atoms with Crippen molar-refractivity contribution in [2.24, 2.45) is 0 Å². The van der Waals surface area contributed by atoms with Crippen LogP contribution in [-0.4, -0.2) is 0 Å². The standard InChI is InChI=1S/2C21H16P.2C16H13.2FH.2Ti/c2*1-3-11-19(12-4-1)22(20-13-5-2-6-14-20)21-15-17-9-7-8-10-18(17)16-21;2*1-12-10-14-8-5-9-15(16(14)11-12)13-6-3-2-4-7-13;;;;/h2*1-16H;2*2-11H,1H3;2*1H;;/q4*-1;;;2*+2/p-2. The van der Waals surface area contributed by atoms with E-state index < -0.39 is 15.8 Å². The molecule has 0 aliphatic heterocycles. The molecule has 0 amide bonds. The van der Waals surface area contributed by atoms with Gasteiger partial charge in [0, 0.05) is 0 Å². The van der Waals surface area contributed by atoms with E-state index in [1.54, 1.807) is 0 Å². The first kappa shape index (κ1) is 60.4. The molecule has 0 aliphatic rings. The first-order valence-electron chi connectivity index (χ1n) is 26.1. The quantitative estimate of drug-likeness (QED) is 0.0808. The number of rotatable bonds is 8. The van der Waals surface area contributed by atoms with Crippen LogP contribution in [0, 0.1) is 13.8 Å². The van der Waals surface area contributed by atoms with Crippen LogP contribution in [0.2, 0.25) is 0 Å². The molecular formula is C74H58F2P2Ti2-2. The normalized spacial score (nSPS) is 10.4. The molecular weight excluding hydrogens is 1080 g/mol. The molecule has 0 N–H and O–H groups in total. The van der Waals surface area contributed by atoms with Gasteiger partial charge in [-0.1, -0.05) is 231 Å². The summed E-state index contributed by atoms with van der Waals surface area (Å²) in [7, 11) is -0.986. The van der Waals surface area contributed by atoms with Gasteiger partial charge < -0.3 is 9.41 Å². The van der Waals surface area contributed by atoms with Crippen molar-refractivity contribution in [3.05, 3.63) is 327 Å². The number of halogens is 2. The second kappa shape index (κ2) is 29.3. The zero-order valence-corrected chi connectivity index (χ0v) is 49.6. The van der Waals surface area contributed by atoms with Crippen LogP contribution in [0.25, 0.3) is 65.3 Å². The number of hydrogen-bond acceptors (Lipinski definition) is 0. The molecule has 0 nitrogen and oxygen atoms in total. The summed E-state index contributed by atoms with van der Waals surface area (Å²) in [5.74, 6) is 0. The van der Waals surface area contributed by atoms with E-state index in [1.165, 1.54) is 108 Å². The van der Waals surface area contributed by atoms with E-state index in [4.69, 9.17) is 0 Å². The summed E-state index contributed by atoms with van der Waals surface area (Å²) in [6.07, 6.45) is 0. The molecule has 0 bridgehead atoms. The maximum Gasteiger partial charge on any atom is 2.00 e. The van der Waals surface area contributed by atoms with E-state index >= 15 is 0 Å². The van der Waals surface area contributed by atoms with Gasteiger partial charge in [-0.05, 0) is 48.2 Å². The van der Waals surface area contributed by atoms with Crippen molar-refractivity contribution in [3.8, 4) is 22.3 Å². The minimum absolute atomic E-state index is 0. The molecule has 0 fully saturated rings. The molecule has 0 atom stereocenters. The fourth-order valence-corrected chi connectivity index (χ4v) is 15.0. The summed E-state index contributed by atoms with van der Waals surface area (Å²) >= 11 is 0. The fourth-order valence-electron chi connectivity index (χ4n) is 10.2. The molecule has 0 saturated carbocycles. The summed E-state index contributed by atoms with van der Waals surface area (Å²) in [5.41, 5.74) is 7.89. The fraction of sp³-hybridized carbons (Fsp3) is 0.0270. The average molecular weight is 1140 g/mol. The molecule has 0 saturated heterocycles. The molecule has 0 aromatic heterocycles. The van der Waals surface area contributed by atoms with Gasteiger partial charge in [0.05, 0.1) is 0 Å². The second-order valence-electron chi connectivity index (χ2n) is 19.1. The predicted molar refractivity (Wildman–Crippen MR) is 336 cm³/mol. The Hall–Kier alpha value is -7.21. The van der Waals surface area contributed by atoms with Crippen LogP contribution < -0.4 is 41.2 Å². The molecule has 0 aliphatic carbocycles. The van der Waals surface area contributed by atoms with Crippen molar-refractivity contribution in [2.75, 3.05) is 0 Å². The molecule has 0 spiro atoms. The third-order valence-electron chi connectivity index (χ3n) is 13.7. The number of benzene rings is 10. The largest absolute Gasteiger partial charge is 2.00 e. The third-order valence-corrected chi connectivity index (χ3v) is 18.5. The predicted octanol–water partition coefficient (Wildman–Crippen LogP) is 11.7. The van der Waals surface area contributed by atoms with Crippen molar-refractivity contribution in [1.29, 1.82) is 0 Å². The van der Waals surface area contributed by atoms with E-state index in [9.17, 15) is 0 Å². The summed E-state index contributed by atoms with van der Waals surface area (Å²) in [6, 6.07) is 113. The van der Waals surface area contributed by atoms with Gasteiger partial charge in [-0.25, -0.2) is 0 Å². The molecule has 388 valence electrons. The van der Waals surface area contributed by atoms with Crippen LogP contribution in [0.3, 0.4) is 0 Å². The van der Waals surface area contributed by atoms with Crippen molar-refractivity contribution in [2.45, 2.75) is 13.8 Å². The number of fused-ring (bicyclic) bond motifs is 4. The Morgan fingerprint density at radius 3 is 0.850 bits per heavy atom. The number of hydrogen-bond donors (Lipinski definition) is 0. The van der Waals surface area contributed by atoms with Gasteiger partial charge in [0.2, 0.25) is 0 Å². The van der Waals surface area contributed by atoms with Gasteiger partial charge in [0.25, 0.3) is 0 Å². The maximum atomic E-state index is 2.35. The van der Waals surface area contributed by atoms with Gasteiger partial charge in [-0.3, -0.25) is 0 Å². The maximum absolute atomic E-state index is 2.35. The van der Waals surface area contributed by atoms with Crippen molar-refractivity contribution < 1.29 is 52.8 Å². The van der Waals surface area contributed by atoms with Crippen LogP contribution in [0.15, 0.2) is 315 Å². The van der Waals surface area contributed by atoms with Crippen LogP contribution in [0.1, 0.15) is 11.1 Å². The molecule has 0 radical (unpaired) electrons. The van der Waals surface area contributed by atoms with E-state index in [-0.39, 0.29) is 52.8 Å². The van der Waals surface area contributed by atoms with Gasteiger partial charge >= 0.3 is 43.4 Å². The SMILES string of the molecule is Cc1cc2c(-c3ccccc3)cccc2[cH-]1.Cc1cc2c(-c3ccccc3)cccc2[cH-]1.[F-].[F-].[Ti+2].[Ti+2].c1ccc(P(c2ccccc2)c2cc3ccccc3[cH-]2)cc1.c1ccc(P(c2ccccc2)c2cc3ccccc3[cH-]2)cc1. The van der Waals surface area contributed by atoms with Crippen LogP contribution in [0.4, 0.5) is 0 Å². The van der Waals surface area contributed by atoms with Gasteiger partial charge in [0.1, 0.15) is 0 Å². The Morgan fingerprint density at radius 2 is 0.537 bits per heavy atom. The Labute approximate surface area is 502 Å². The Bertz CT molecular complexity index is 3660. The zero-order chi connectivity index (χ0) is 51.5. The number of aryl methyl sites for hydroxylation is 2. The Morgan fingerprint density at radius 1 is 0.263 bits per heavy atom. The smallest absolute Gasteiger partial charge is 1.00 e. The van der Waals surface area contributed by atoms with E-state index in [2.05, 4.69) is 329 Å². The molecule has 80 heavy (non-hydrogen) atoms. The van der Waals surface area contributed by atoms with Crippen molar-refractivity contribution in [1.82, 2.24) is 0 Å². The van der Waals surface area contributed by atoms with Crippen molar-refractivity contribution >= 4 is 90.8 Å². The van der Waals surface area contributed by atoms with Gasteiger partial charge in [-0.2, -0.15) is 24.3 Å². The monoisotopic (exact) mass is 1140 g/mol. The zero-order valence-electron chi connectivity index (χ0n) is 44.7. The topological polar surface area (TPSA) is 0 Å². The average Bonchev–Trinajstić information content (AvgIpc) is 4.34. The summed E-state index contributed by atoms with van der Waals surface area (Å²) in [4.78, 5) is 0. The molecule has 0 unspecified atom stereocenters. The molecule has 14 aromatic rings. The summed E-state index contributed by atoms with van der Waals surface area (Å²) in [6.45, 7) is 4.30. The third kappa shape index (κ3) is 14.4. The van der Waals surface area contributed by atoms with Crippen molar-refractivity contribution in [3.63, 3.8) is 0 Å². The summed E-state index contributed by atoms with van der Waals surface area (Å²) in [5, 5.41) is 19.1. The second-order valence-corrected chi connectivity index (χ2v) is 23.6. The van der Waals surface area contributed by atoms with E-state index in [1.807, 2.05) is 0 Å². The van der Waals surface area contributed by atoms with Gasteiger partial charge in [-0.15, -0.1) is 150 Å². The molecule has 14 aromatic carbocycles. The Kier molecular flexibility index (Phi) is 22.1. The van der Waals surface area contributed by atoms with Crippen LogP contribution in [-0.2, 0) is 43.4 Å². The Balaban J connectivity index is 0.000000153. The van der Waals surface area contributed by atoms with E-state index in [0.717, 1.165) is 0 Å². The van der Waals surface area contributed by atoms with Crippen LogP contribution >= 0.6 is 15.8 Å². The van der Waals surface area contributed by atoms with Gasteiger partial charge in [0.15, 0.2) is 0 Å². The first-order valence-corrected chi connectivity index (χ1v) is 28.8. The molecule has 6 heteroatoms. The first-order chi connectivity index (χ1) is 37.5. The van der Waals surface area contributed by atoms with Crippen LogP contribution in [0.5, 0.6) is 0 Å².